The molecule has 3 heteroatoms. The molecule has 0 aliphatic carbocycles. The monoisotopic (exact) mass is 229 g/mol. The van der Waals surface area contributed by atoms with Gasteiger partial charge in [-0.2, -0.15) is 0 Å². The van der Waals surface area contributed by atoms with E-state index < -0.39 is 0 Å². The normalized spacial score (nSPS) is 12.4. The molecule has 1 atom stereocenters. The number of ether oxygens (including phenoxy) is 1. The van der Waals surface area contributed by atoms with Crippen LogP contribution in [0.2, 0.25) is 0 Å². The van der Waals surface area contributed by atoms with Gasteiger partial charge in [0.05, 0.1) is 13.0 Å². The van der Waals surface area contributed by atoms with Crippen LogP contribution in [0.1, 0.15) is 59.3 Å². The van der Waals surface area contributed by atoms with E-state index in [0.717, 1.165) is 6.54 Å². The van der Waals surface area contributed by atoms with E-state index in [0.29, 0.717) is 19.1 Å². The second kappa shape index (κ2) is 10.9. The van der Waals surface area contributed by atoms with Crippen molar-refractivity contribution in [1.29, 1.82) is 0 Å². The molecule has 0 fully saturated rings. The number of nitrogens with one attached hydrogen (secondary N) is 1. The van der Waals surface area contributed by atoms with Crippen molar-refractivity contribution in [3.05, 3.63) is 0 Å². The summed E-state index contributed by atoms with van der Waals surface area (Å²) in [5.74, 6) is -0.104. The number of carbonyl (C=O) groups is 1. The van der Waals surface area contributed by atoms with Crippen LogP contribution in [0.25, 0.3) is 0 Å². The number of hydrogen-bond donors (Lipinski definition) is 1. The van der Waals surface area contributed by atoms with Crippen LogP contribution in [-0.2, 0) is 9.53 Å². The van der Waals surface area contributed by atoms with Crippen LogP contribution in [0.15, 0.2) is 0 Å². The third-order valence-electron chi connectivity index (χ3n) is 2.62. The van der Waals surface area contributed by atoms with Crippen LogP contribution in [-0.4, -0.2) is 25.2 Å². The predicted octanol–water partition coefficient (Wildman–Crippen LogP) is 2.89. The van der Waals surface area contributed by atoms with Crippen LogP contribution in [0.5, 0.6) is 0 Å². The number of unbranched alkanes of at least 4 members (excludes halogenated alkanes) is 3. The molecule has 96 valence electrons. The molecule has 0 aromatic rings. The minimum Gasteiger partial charge on any atom is -0.466 e. The average Bonchev–Trinajstić information content (AvgIpc) is 2.25. The van der Waals surface area contributed by atoms with Gasteiger partial charge in [0.15, 0.2) is 0 Å². The minimum absolute atomic E-state index is 0.104. The van der Waals surface area contributed by atoms with Crippen molar-refractivity contribution >= 4 is 5.97 Å². The third kappa shape index (κ3) is 9.97. The van der Waals surface area contributed by atoms with E-state index in [9.17, 15) is 4.79 Å². The number of carbonyl (C=O) groups excluding carboxylic acids is 1. The van der Waals surface area contributed by atoms with Gasteiger partial charge in [0, 0.05) is 12.6 Å². The number of esters is 1. The smallest absolute Gasteiger partial charge is 0.307 e. The number of hydrogen-bond acceptors (Lipinski definition) is 3. The molecular weight excluding hydrogens is 202 g/mol. The van der Waals surface area contributed by atoms with E-state index in [1.54, 1.807) is 0 Å². The van der Waals surface area contributed by atoms with Gasteiger partial charge in [-0.25, -0.2) is 0 Å². The Hall–Kier alpha value is -0.570. The highest BCUT2D eigenvalue weighted by Gasteiger charge is 2.04. The van der Waals surface area contributed by atoms with Crippen molar-refractivity contribution in [2.75, 3.05) is 13.2 Å². The Labute approximate surface area is 99.9 Å². The maximum Gasteiger partial charge on any atom is 0.307 e. The molecule has 1 N–H and O–H groups in total. The third-order valence-corrected chi connectivity index (χ3v) is 2.62. The van der Waals surface area contributed by atoms with Gasteiger partial charge >= 0.3 is 5.97 Å². The highest BCUT2D eigenvalue weighted by molar-refractivity contribution is 5.69. The maximum atomic E-state index is 11.1. The Morgan fingerprint density at radius 3 is 2.62 bits per heavy atom. The van der Waals surface area contributed by atoms with Crippen LogP contribution in [0.4, 0.5) is 0 Å². The molecule has 0 saturated carbocycles. The molecule has 0 aromatic carbocycles. The zero-order chi connectivity index (χ0) is 12.2. The summed E-state index contributed by atoms with van der Waals surface area (Å²) >= 11 is 0. The van der Waals surface area contributed by atoms with Crippen molar-refractivity contribution in [2.45, 2.75) is 65.3 Å². The molecular formula is C13H27NO2. The predicted molar refractivity (Wildman–Crippen MR) is 67.5 cm³/mol. The number of rotatable bonds is 10. The summed E-state index contributed by atoms with van der Waals surface area (Å²) in [4.78, 5) is 11.1. The molecule has 0 aliphatic heterocycles. The van der Waals surface area contributed by atoms with Gasteiger partial charge in [-0.15, -0.1) is 0 Å². The summed E-state index contributed by atoms with van der Waals surface area (Å²) in [5, 5.41) is 3.35. The largest absolute Gasteiger partial charge is 0.466 e. The van der Waals surface area contributed by atoms with Crippen molar-refractivity contribution in [2.24, 2.45) is 0 Å². The highest BCUT2D eigenvalue weighted by atomic mass is 16.5. The first-order valence-corrected chi connectivity index (χ1v) is 6.59. The molecule has 0 radical (unpaired) electrons. The van der Waals surface area contributed by atoms with Crippen molar-refractivity contribution in [1.82, 2.24) is 5.32 Å². The van der Waals surface area contributed by atoms with E-state index in [4.69, 9.17) is 4.74 Å². The first-order valence-electron chi connectivity index (χ1n) is 6.59. The molecule has 3 nitrogen and oxygen atoms in total. The molecule has 0 saturated heterocycles. The summed E-state index contributed by atoms with van der Waals surface area (Å²) < 4.78 is 4.86. The average molecular weight is 229 g/mol. The van der Waals surface area contributed by atoms with Gasteiger partial charge < -0.3 is 10.1 Å². The van der Waals surface area contributed by atoms with Gasteiger partial charge in [-0.05, 0) is 20.3 Å². The fourth-order valence-corrected chi connectivity index (χ4v) is 1.63. The summed E-state index contributed by atoms with van der Waals surface area (Å²) in [6.45, 7) is 7.44. The van der Waals surface area contributed by atoms with E-state index in [-0.39, 0.29) is 5.97 Å². The van der Waals surface area contributed by atoms with Crippen LogP contribution < -0.4 is 5.32 Å². The van der Waals surface area contributed by atoms with Crippen molar-refractivity contribution in [3.63, 3.8) is 0 Å². The van der Waals surface area contributed by atoms with Gasteiger partial charge in [0.1, 0.15) is 0 Å². The molecule has 0 rings (SSSR count). The lowest BCUT2D eigenvalue weighted by Gasteiger charge is -2.13. The van der Waals surface area contributed by atoms with E-state index in [1.165, 1.54) is 32.1 Å². The van der Waals surface area contributed by atoms with E-state index in [2.05, 4.69) is 19.2 Å². The highest BCUT2D eigenvalue weighted by Crippen LogP contribution is 2.05. The second-order valence-corrected chi connectivity index (χ2v) is 4.26. The van der Waals surface area contributed by atoms with Gasteiger partial charge in [-0.3, -0.25) is 4.79 Å². The molecule has 0 spiro atoms. The lowest BCUT2D eigenvalue weighted by molar-refractivity contribution is -0.142. The topological polar surface area (TPSA) is 38.3 Å². The Kier molecular flexibility index (Phi) is 10.5. The molecule has 0 heterocycles. The molecule has 0 amide bonds. The molecule has 1 unspecified atom stereocenters. The van der Waals surface area contributed by atoms with Gasteiger partial charge in [0.2, 0.25) is 0 Å². The van der Waals surface area contributed by atoms with Crippen molar-refractivity contribution in [3.8, 4) is 0 Å². The standard InChI is InChI=1S/C13H27NO2/c1-4-6-7-8-9-12(3)14-11-10-13(15)16-5-2/h12,14H,4-11H2,1-3H3. The molecule has 0 bridgehead atoms. The minimum atomic E-state index is -0.104. The molecule has 0 aromatic heterocycles. The van der Waals surface area contributed by atoms with Crippen LogP contribution >= 0.6 is 0 Å². The lowest BCUT2D eigenvalue weighted by atomic mass is 10.1. The first kappa shape index (κ1) is 15.4. The van der Waals surface area contributed by atoms with E-state index >= 15 is 0 Å². The Morgan fingerprint density at radius 2 is 2.00 bits per heavy atom. The summed E-state index contributed by atoms with van der Waals surface area (Å²) in [6.07, 6.45) is 6.89. The fourth-order valence-electron chi connectivity index (χ4n) is 1.63. The Morgan fingerprint density at radius 1 is 1.25 bits per heavy atom. The maximum absolute atomic E-state index is 11.1. The Balaban J connectivity index is 3.29. The first-order chi connectivity index (χ1) is 7.70. The summed E-state index contributed by atoms with van der Waals surface area (Å²) in [6, 6.07) is 0.506. The lowest BCUT2D eigenvalue weighted by Crippen LogP contribution is -2.28. The summed E-state index contributed by atoms with van der Waals surface area (Å²) in [7, 11) is 0. The zero-order valence-corrected chi connectivity index (χ0v) is 11.1. The SMILES string of the molecule is CCCCCCC(C)NCCC(=O)OCC. The Bertz CT molecular complexity index is 171. The van der Waals surface area contributed by atoms with Crippen LogP contribution in [0, 0.1) is 0 Å². The van der Waals surface area contributed by atoms with Crippen LogP contribution in [0.3, 0.4) is 0 Å². The molecule has 0 aliphatic rings. The second-order valence-electron chi connectivity index (χ2n) is 4.26. The summed E-state index contributed by atoms with van der Waals surface area (Å²) in [5.41, 5.74) is 0. The van der Waals surface area contributed by atoms with Crippen molar-refractivity contribution < 1.29 is 9.53 Å². The zero-order valence-electron chi connectivity index (χ0n) is 11.1. The van der Waals surface area contributed by atoms with Gasteiger partial charge in [0.25, 0.3) is 0 Å². The quantitative estimate of drug-likeness (QED) is 0.462. The van der Waals surface area contributed by atoms with E-state index in [1.807, 2.05) is 6.92 Å². The molecule has 16 heavy (non-hydrogen) atoms. The fraction of sp³-hybridized carbons (Fsp3) is 0.923. The van der Waals surface area contributed by atoms with Gasteiger partial charge in [-0.1, -0.05) is 32.6 Å².